The van der Waals surface area contributed by atoms with E-state index < -0.39 is 10.8 Å². The Morgan fingerprint density at radius 3 is 2.15 bits per heavy atom. The Labute approximate surface area is 120 Å². The number of rotatable bonds is 1. The normalized spacial score (nSPS) is 29.7. The van der Waals surface area contributed by atoms with Crippen LogP contribution >= 0.6 is 0 Å². The van der Waals surface area contributed by atoms with Gasteiger partial charge in [-0.05, 0) is 0 Å². The number of Topliss-reactive ketones (excluding diaryl/α,β-unsaturated/α-hetero) is 1. The summed E-state index contributed by atoms with van der Waals surface area (Å²) >= 11 is 0. The predicted octanol–water partition coefficient (Wildman–Crippen LogP) is 2.31. The number of hydrogen-bond donors (Lipinski definition) is 0. The van der Waals surface area contributed by atoms with Crippen molar-refractivity contribution in [3.8, 4) is 0 Å². The number of nitrogens with zero attached hydrogens (tertiary/aromatic N) is 3. The van der Waals surface area contributed by atoms with Gasteiger partial charge in [0.05, 0.1) is 18.6 Å². The van der Waals surface area contributed by atoms with E-state index in [1.54, 1.807) is 4.90 Å². The SMILES string of the molecule is CC(C)(C)C(=O)C1C2CN=NC2CN1C(=O)C(C)(C)C. The molecule has 0 saturated carbocycles. The second-order valence-corrected chi connectivity index (χ2v) is 7.94. The quantitative estimate of drug-likeness (QED) is 0.739. The Kier molecular flexibility index (Phi) is 3.51. The average molecular weight is 279 g/mol. The van der Waals surface area contributed by atoms with Gasteiger partial charge in [0.25, 0.3) is 0 Å². The van der Waals surface area contributed by atoms with E-state index in [9.17, 15) is 9.59 Å². The van der Waals surface area contributed by atoms with Gasteiger partial charge >= 0.3 is 0 Å². The highest BCUT2D eigenvalue weighted by Crippen LogP contribution is 2.37. The summed E-state index contributed by atoms with van der Waals surface area (Å²) < 4.78 is 0. The summed E-state index contributed by atoms with van der Waals surface area (Å²) in [5, 5.41) is 8.28. The molecule has 0 aliphatic carbocycles. The van der Waals surface area contributed by atoms with E-state index in [4.69, 9.17) is 0 Å². The highest BCUT2D eigenvalue weighted by atomic mass is 16.2. The summed E-state index contributed by atoms with van der Waals surface area (Å²) in [6.07, 6.45) is 0. The van der Waals surface area contributed by atoms with Gasteiger partial charge in [-0.3, -0.25) is 9.59 Å². The van der Waals surface area contributed by atoms with Crippen LogP contribution in [0.15, 0.2) is 10.2 Å². The molecule has 0 bridgehead atoms. The van der Waals surface area contributed by atoms with E-state index >= 15 is 0 Å². The Hall–Kier alpha value is -1.26. The molecule has 1 saturated heterocycles. The van der Waals surface area contributed by atoms with Gasteiger partial charge in [-0.15, -0.1) is 0 Å². The van der Waals surface area contributed by atoms with Crippen LogP contribution in [0.3, 0.4) is 0 Å². The molecule has 0 spiro atoms. The van der Waals surface area contributed by atoms with Crippen LogP contribution in [0.25, 0.3) is 0 Å². The van der Waals surface area contributed by atoms with Crippen molar-refractivity contribution in [2.45, 2.75) is 53.6 Å². The molecule has 5 nitrogen and oxygen atoms in total. The summed E-state index contributed by atoms with van der Waals surface area (Å²) in [6.45, 7) is 12.5. The number of azo groups is 1. The lowest BCUT2D eigenvalue weighted by Gasteiger charge is -2.34. The zero-order valence-corrected chi connectivity index (χ0v) is 13.3. The zero-order chi connectivity index (χ0) is 15.3. The number of carbonyl (C=O) groups excluding carboxylic acids is 2. The molecule has 3 unspecified atom stereocenters. The predicted molar refractivity (Wildman–Crippen MR) is 76.4 cm³/mol. The number of carbonyl (C=O) groups is 2. The highest BCUT2D eigenvalue weighted by Gasteiger charge is 2.52. The second-order valence-electron chi connectivity index (χ2n) is 7.94. The molecule has 0 N–H and O–H groups in total. The number of amides is 1. The molecule has 0 aromatic heterocycles. The van der Waals surface area contributed by atoms with Crippen molar-refractivity contribution in [2.24, 2.45) is 27.0 Å². The fourth-order valence-corrected chi connectivity index (χ4v) is 2.90. The lowest BCUT2D eigenvalue weighted by Crippen LogP contribution is -2.51. The molecule has 2 aliphatic rings. The van der Waals surface area contributed by atoms with Crippen molar-refractivity contribution >= 4 is 11.7 Å². The van der Waals surface area contributed by atoms with Crippen LogP contribution in [-0.4, -0.2) is 41.8 Å². The van der Waals surface area contributed by atoms with Gasteiger partial charge in [-0.25, -0.2) is 0 Å². The Morgan fingerprint density at radius 1 is 1.05 bits per heavy atom. The molecule has 20 heavy (non-hydrogen) atoms. The maximum Gasteiger partial charge on any atom is 0.228 e. The van der Waals surface area contributed by atoms with Gasteiger partial charge in [0.1, 0.15) is 0 Å². The lowest BCUT2D eigenvalue weighted by atomic mass is 9.80. The van der Waals surface area contributed by atoms with Crippen LogP contribution in [0.2, 0.25) is 0 Å². The number of ketones is 1. The molecule has 2 aliphatic heterocycles. The average Bonchev–Trinajstić information content (AvgIpc) is 2.83. The Morgan fingerprint density at radius 2 is 1.65 bits per heavy atom. The second kappa shape index (κ2) is 4.64. The fraction of sp³-hybridized carbons (Fsp3) is 0.867. The molecule has 2 rings (SSSR count). The minimum Gasteiger partial charge on any atom is -0.330 e. The van der Waals surface area contributed by atoms with Crippen LogP contribution in [0, 0.1) is 16.7 Å². The van der Waals surface area contributed by atoms with Crippen molar-refractivity contribution in [3.05, 3.63) is 0 Å². The first-order valence-electron chi connectivity index (χ1n) is 7.25. The van der Waals surface area contributed by atoms with Crippen molar-refractivity contribution in [1.29, 1.82) is 0 Å². The van der Waals surface area contributed by atoms with Crippen LogP contribution in [0.5, 0.6) is 0 Å². The molecule has 3 atom stereocenters. The number of likely N-dealkylation sites (tertiary alicyclic amines) is 1. The van der Waals surface area contributed by atoms with E-state index in [1.807, 2.05) is 41.5 Å². The fourth-order valence-electron chi connectivity index (χ4n) is 2.90. The van der Waals surface area contributed by atoms with Gasteiger partial charge in [-0.2, -0.15) is 10.2 Å². The largest absolute Gasteiger partial charge is 0.330 e. The third kappa shape index (κ3) is 2.50. The van der Waals surface area contributed by atoms with E-state index in [0.717, 1.165) is 0 Å². The van der Waals surface area contributed by atoms with Gasteiger partial charge in [0, 0.05) is 23.3 Å². The maximum atomic E-state index is 12.8. The molecule has 1 amide bonds. The van der Waals surface area contributed by atoms with E-state index in [1.165, 1.54) is 0 Å². The van der Waals surface area contributed by atoms with Crippen molar-refractivity contribution in [3.63, 3.8) is 0 Å². The van der Waals surface area contributed by atoms with E-state index in [2.05, 4.69) is 10.2 Å². The summed E-state index contributed by atoms with van der Waals surface area (Å²) in [7, 11) is 0. The number of fused-ring (bicyclic) bond motifs is 1. The minimum atomic E-state index is -0.480. The van der Waals surface area contributed by atoms with Crippen LogP contribution in [0.1, 0.15) is 41.5 Å². The van der Waals surface area contributed by atoms with Gasteiger partial charge in [-0.1, -0.05) is 41.5 Å². The molecule has 0 radical (unpaired) electrons. The van der Waals surface area contributed by atoms with Crippen LogP contribution in [0.4, 0.5) is 0 Å². The van der Waals surface area contributed by atoms with Crippen LogP contribution in [-0.2, 0) is 9.59 Å². The van der Waals surface area contributed by atoms with Gasteiger partial charge in [0.15, 0.2) is 5.78 Å². The van der Waals surface area contributed by atoms with Crippen molar-refractivity contribution in [1.82, 2.24) is 4.90 Å². The minimum absolute atomic E-state index is 0.00222. The summed E-state index contributed by atoms with van der Waals surface area (Å²) in [5.41, 5.74) is -0.940. The van der Waals surface area contributed by atoms with Crippen LogP contribution < -0.4 is 0 Å². The molecule has 0 aromatic carbocycles. The molecule has 5 heteroatoms. The first-order chi connectivity index (χ1) is 9.03. The van der Waals surface area contributed by atoms with E-state index in [-0.39, 0.29) is 29.7 Å². The molecule has 0 aromatic rings. The Bertz CT molecular complexity index is 457. The molecule has 1 fully saturated rings. The smallest absolute Gasteiger partial charge is 0.228 e. The first-order valence-corrected chi connectivity index (χ1v) is 7.25. The number of hydrogen-bond acceptors (Lipinski definition) is 4. The monoisotopic (exact) mass is 279 g/mol. The highest BCUT2D eigenvalue weighted by molar-refractivity contribution is 5.94. The lowest BCUT2D eigenvalue weighted by molar-refractivity contribution is -0.147. The van der Waals surface area contributed by atoms with Gasteiger partial charge < -0.3 is 4.90 Å². The molecule has 2 heterocycles. The zero-order valence-electron chi connectivity index (χ0n) is 13.3. The topological polar surface area (TPSA) is 62.1 Å². The van der Waals surface area contributed by atoms with Crippen molar-refractivity contribution in [2.75, 3.05) is 13.1 Å². The first kappa shape index (κ1) is 15.1. The van der Waals surface area contributed by atoms with Gasteiger partial charge in [0.2, 0.25) is 5.91 Å². The molecular weight excluding hydrogens is 254 g/mol. The standard InChI is InChI=1S/C15H25N3O2/c1-14(2,3)12(19)11-9-7-16-17-10(9)8-18(11)13(20)15(4,5)6/h9-11H,7-8H2,1-6H3. The Balaban J connectivity index is 2.33. The summed E-state index contributed by atoms with van der Waals surface area (Å²) in [6, 6.07) is -0.376. The molecule has 112 valence electrons. The molecular formula is C15H25N3O2. The maximum absolute atomic E-state index is 12.8. The third-order valence-corrected chi connectivity index (χ3v) is 4.05. The van der Waals surface area contributed by atoms with E-state index in [0.29, 0.717) is 13.1 Å². The van der Waals surface area contributed by atoms with Crippen molar-refractivity contribution < 1.29 is 9.59 Å². The third-order valence-electron chi connectivity index (χ3n) is 4.05. The summed E-state index contributed by atoms with van der Waals surface area (Å²) in [4.78, 5) is 27.2. The summed E-state index contributed by atoms with van der Waals surface area (Å²) in [5.74, 6) is 0.215.